The van der Waals surface area contributed by atoms with Crippen molar-refractivity contribution in [2.45, 2.75) is 39.7 Å². The number of nitrogens with one attached hydrogen (secondary N) is 1. The Morgan fingerprint density at radius 3 is 2.38 bits per heavy atom. The first-order valence-corrected chi connectivity index (χ1v) is 11.1. The largest absolute Gasteiger partial charge is 0.350 e. The van der Waals surface area contributed by atoms with Gasteiger partial charge in [-0.05, 0) is 50.5 Å². The van der Waals surface area contributed by atoms with E-state index in [2.05, 4.69) is 5.32 Å². The van der Waals surface area contributed by atoms with Crippen molar-refractivity contribution in [1.82, 2.24) is 5.32 Å². The van der Waals surface area contributed by atoms with Gasteiger partial charge in [-0.25, -0.2) is 17.2 Å². The maximum atomic E-state index is 13.5. The fourth-order valence-corrected chi connectivity index (χ4v) is 4.17. The number of halogens is 2. The fraction of sp³-hybridized carbons (Fsp3) is 0.381. The van der Waals surface area contributed by atoms with Gasteiger partial charge in [-0.2, -0.15) is 0 Å². The molecular formula is C21H26F2N2O3S. The van der Waals surface area contributed by atoms with Crippen LogP contribution in [0.3, 0.4) is 0 Å². The molecule has 1 atom stereocenters. The molecule has 0 aliphatic rings. The highest BCUT2D eigenvalue weighted by molar-refractivity contribution is 7.92. The van der Waals surface area contributed by atoms with E-state index < -0.39 is 21.7 Å². The summed E-state index contributed by atoms with van der Waals surface area (Å²) in [4.78, 5) is 12.3. The molecule has 0 aromatic heterocycles. The van der Waals surface area contributed by atoms with Gasteiger partial charge >= 0.3 is 0 Å². The molecular weight excluding hydrogens is 398 g/mol. The minimum absolute atomic E-state index is 0.0186. The number of anilines is 1. The molecule has 0 fully saturated rings. The molecule has 158 valence electrons. The van der Waals surface area contributed by atoms with Gasteiger partial charge in [0, 0.05) is 19.0 Å². The number of hydrogen-bond acceptors (Lipinski definition) is 3. The van der Waals surface area contributed by atoms with Gasteiger partial charge in [0.2, 0.25) is 15.9 Å². The summed E-state index contributed by atoms with van der Waals surface area (Å²) in [5.74, 6) is -2.39. The van der Waals surface area contributed by atoms with Crippen molar-refractivity contribution in [1.29, 1.82) is 0 Å². The third-order valence-corrected chi connectivity index (χ3v) is 5.82. The van der Waals surface area contributed by atoms with Gasteiger partial charge in [-0.15, -0.1) is 0 Å². The highest BCUT2D eigenvalue weighted by Gasteiger charge is 2.19. The Morgan fingerprint density at radius 2 is 1.79 bits per heavy atom. The number of sulfonamides is 1. The summed E-state index contributed by atoms with van der Waals surface area (Å²) < 4.78 is 51.7. The molecule has 5 nitrogen and oxygen atoms in total. The molecule has 2 aromatic rings. The van der Waals surface area contributed by atoms with Crippen molar-refractivity contribution >= 4 is 21.6 Å². The van der Waals surface area contributed by atoms with Gasteiger partial charge in [0.1, 0.15) is 0 Å². The highest BCUT2D eigenvalue weighted by atomic mass is 32.2. The molecule has 0 unspecified atom stereocenters. The standard InChI is InChI=1S/C21H26F2N2O3S/c1-14-7-9-18(15(2)12-14)16(3)24-21(26)6-5-11-25(29(4,27)28)17-8-10-19(22)20(23)13-17/h7-10,12-13,16H,5-6,11H2,1-4H3,(H,24,26)/t16-/m1/s1. The van der Waals surface area contributed by atoms with Gasteiger partial charge in [-0.1, -0.05) is 23.8 Å². The van der Waals surface area contributed by atoms with Crippen LogP contribution in [0.1, 0.15) is 42.5 Å². The van der Waals surface area contributed by atoms with Crippen LogP contribution in [0.25, 0.3) is 0 Å². The summed E-state index contributed by atoms with van der Waals surface area (Å²) in [7, 11) is -3.71. The zero-order valence-corrected chi connectivity index (χ0v) is 17.8. The lowest BCUT2D eigenvalue weighted by Crippen LogP contribution is -2.32. The number of hydrogen-bond donors (Lipinski definition) is 1. The summed E-state index contributed by atoms with van der Waals surface area (Å²) in [5, 5.41) is 2.91. The van der Waals surface area contributed by atoms with Crippen LogP contribution in [0.2, 0.25) is 0 Å². The number of rotatable bonds is 8. The number of aryl methyl sites for hydroxylation is 2. The lowest BCUT2D eigenvalue weighted by molar-refractivity contribution is -0.121. The maximum absolute atomic E-state index is 13.5. The third kappa shape index (κ3) is 6.25. The average Bonchev–Trinajstić information content (AvgIpc) is 2.60. The Kier molecular flexibility index (Phi) is 7.35. The molecule has 0 saturated heterocycles. The summed E-state index contributed by atoms with van der Waals surface area (Å²) in [6.45, 7) is 5.85. The van der Waals surface area contributed by atoms with Crippen LogP contribution in [0.4, 0.5) is 14.5 Å². The van der Waals surface area contributed by atoms with Crippen LogP contribution in [-0.4, -0.2) is 27.1 Å². The maximum Gasteiger partial charge on any atom is 0.232 e. The quantitative estimate of drug-likeness (QED) is 0.696. The molecule has 2 rings (SSSR count). The Balaban J connectivity index is 1.98. The predicted molar refractivity (Wildman–Crippen MR) is 110 cm³/mol. The minimum Gasteiger partial charge on any atom is -0.350 e. The van der Waals surface area contributed by atoms with Crippen LogP contribution in [0.5, 0.6) is 0 Å². The monoisotopic (exact) mass is 424 g/mol. The van der Waals surface area contributed by atoms with E-state index in [0.29, 0.717) is 0 Å². The molecule has 0 heterocycles. The van der Waals surface area contributed by atoms with Crippen molar-refractivity contribution in [3.63, 3.8) is 0 Å². The normalized spacial score (nSPS) is 12.5. The smallest absolute Gasteiger partial charge is 0.232 e. The van der Waals surface area contributed by atoms with Crippen molar-refractivity contribution in [2.24, 2.45) is 0 Å². The average molecular weight is 425 g/mol. The Morgan fingerprint density at radius 1 is 1.10 bits per heavy atom. The first kappa shape index (κ1) is 22.8. The molecule has 0 saturated carbocycles. The Hall–Kier alpha value is -2.48. The molecule has 29 heavy (non-hydrogen) atoms. The summed E-state index contributed by atoms with van der Waals surface area (Å²) >= 11 is 0. The molecule has 0 spiro atoms. The van der Waals surface area contributed by atoms with Crippen LogP contribution in [0, 0.1) is 25.5 Å². The van der Waals surface area contributed by atoms with Crippen molar-refractivity contribution in [2.75, 3.05) is 17.1 Å². The van der Waals surface area contributed by atoms with Crippen LogP contribution in [-0.2, 0) is 14.8 Å². The second kappa shape index (κ2) is 9.35. The molecule has 8 heteroatoms. The first-order chi connectivity index (χ1) is 13.5. The van der Waals surface area contributed by atoms with Crippen LogP contribution >= 0.6 is 0 Å². The summed E-state index contributed by atoms with van der Waals surface area (Å²) in [6, 6.07) is 8.73. The summed E-state index contributed by atoms with van der Waals surface area (Å²) in [5.41, 5.74) is 3.27. The second-order valence-electron chi connectivity index (χ2n) is 7.19. The fourth-order valence-electron chi connectivity index (χ4n) is 3.21. The Bertz CT molecular complexity index is 993. The molecule has 1 N–H and O–H groups in total. The van der Waals surface area contributed by atoms with E-state index in [1.165, 1.54) is 6.07 Å². The number of amides is 1. The number of carbonyl (C=O) groups is 1. The summed E-state index contributed by atoms with van der Waals surface area (Å²) in [6.07, 6.45) is 1.32. The van der Waals surface area contributed by atoms with E-state index in [9.17, 15) is 22.0 Å². The molecule has 0 aliphatic carbocycles. The molecule has 0 radical (unpaired) electrons. The highest BCUT2D eigenvalue weighted by Crippen LogP contribution is 2.22. The lowest BCUT2D eigenvalue weighted by atomic mass is 10.00. The number of nitrogens with zero attached hydrogens (tertiary/aromatic N) is 1. The zero-order chi connectivity index (χ0) is 21.8. The van der Waals surface area contributed by atoms with Crippen LogP contribution in [0.15, 0.2) is 36.4 Å². The van der Waals surface area contributed by atoms with E-state index in [1.807, 2.05) is 39.0 Å². The predicted octanol–water partition coefficient (Wildman–Crippen LogP) is 4.01. The van der Waals surface area contributed by atoms with Gasteiger partial charge in [-0.3, -0.25) is 9.10 Å². The van der Waals surface area contributed by atoms with Gasteiger partial charge in [0.15, 0.2) is 11.6 Å². The van der Waals surface area contributed by atoms with Gasteiger partial charge in [0.25, 0.3) is 0 Å². The van der Waals surface area contributed by atoms with E-state index in [0.717, 1.165) is 39.4 Å². The second-order valence-corrected chi connectivity index (χ2v) is 9.09. The minimum atomic E-state index is -3.71. The van der Waals surface area contributed by atoms with Crippen LogP contribution < -0.4 is 9.62 Å². The van der Waals surface area contributed by atoms with E-state index in [1.54, 1.807) is 0 Å². The van der Waals surface area contributed by atoms with E-state index in [4.69, 9.17) is 0 Å². The lowest BCUT2D eigenvalue weighted by Gasteiger charge is -2.23. The molecule has 2 aromatic carbocycles. The van der Waals surface area contributed by atoms with Crippen molar-refractivity contribution < 1.29 is 22.0 Å². The third-order valence-electron chi connectivity index (χ3n) is 4.63. The topological polar surface area (TPSA) is 66.5 Å². The molecule has 1 amide bonds. The van der Waals surface area contributed by atoms with Gasteiger partial charge in [0.05, 0.1) is 18.0 Å². The van der Waals surface area contributed by atoms with Gasteiger partial charge < -0.3 is 5.32 Å². The molecule has 0 aliphatic heterocycles. The SMILES string of the molecule is Cc1ccc([C@@H](C)NC(=O)CCCN(c2ccc(F)c(F)c2)S(C)(=O)=O)c(C)c1. The van der Waals surface area contributed by atoms with Crippen molar-refractivity contribution in [3.8, 4) is 0 Å². The number of carbonyl (C=O) groups excluding carboxylic acids is 1. The first-order valence-electron chi connectivity index (χ1n) is 9.28. The number of benzene rings is 2. The zero-order valence-electron chi connectivity index (χ0n) is 17.0. The molecule has 0 bridgehead atoms. The Labute approximate surface area is 170 Å². The van der Waals surface area contributed by atoms with Crippen molar-refractivity contribution in [3.05, 3.63) is 64.7 Å². The van der Waals surface area contributed by atoms with E-state index in [-0.39, 0.29) is 37.0 Å². The van der Waals surface area contributed by atoms with E-state index >= 15 is 0 Å².